The summed E-state index contributed by atoms with van der Waals surface area (Å²) < 4.78 is 27.4. The van der Waals surface area contributed by atoms with Gasteiger partial charge < -0.3 is 4.90 Å². The normalized spacial score (nSPS) is 14.7. The Morgan fingerprint density at radius 1 is 1.07 bits per heavy atom. The van der Waals surface area contributed by atoms with E-state index in [0.717, 1.165) is 4.90 Å². The van der Waals surface area contributed by atoms with Gasteiger partial charge in [0.15, 0.2) is 0 Å². The van der Waals surface area contributed by atoms with E-state index in [2.05, 4.69) is 14.7 Å². The molecule has 2 aromatic rings. The highest BCUT2D eigenvalue weighted by atomic mass is 32.2. The van der Waals surface area contributed by atoms with Crippen molar-refractivity contribution in [1.29, 1.82) is 0 Å². The lowest BCUT2D eigenvalue weighted by atomic mass is 10.3. The molecular formula is C17H19N5O4S. The quantitative estimate of drug-likeness (QED) is 0.723. The van der Waals surface area contributed by atoms with Gasteiger partial charge in [0.25, 0.3) is 0 Å². The van der Waals surface area contributed by atoms with Crippen molar-refractivity contribution in [3.8, 4) is 0 Å². The Hall–Kier alpha value is -2.85. The van der Waals surface area contributed by atoms with E-state index in [9.17, 15) is 18.0 Å². The van der Waals surface area contributed by atoms with Gasteiger partial charge in [0, 0.05) is 33.1 Å². The largest absolute Gasteiger partial charge is 0.363 e. The number of nitrogens with zero attached hydrogens (tertiary/aromatic N) is 4. The molecule has 9 nitrogen and oxygen atoms in total. The van der Waals surface area contributed by atoms with Gasteiger partial charge in [-0.1, -0.05) is 0 Å². The van der Waals surface area contributed by atoms with E-state index in [-0.39, 0.29) is 36.1 Å². The lowest BCUT2D eigenvalue weighted by molar-refractivity contribution is -0.121. The first-order chi connectivity index (χ1) is 12.8. The second-order valence-electron chi connectivity index (χ2n) is 6.17. The molecule has 1 fully saturated rings. The number of nitrogens with one attached hydrogen (secondary N) is 1. The zero-order chi connectivity index (χ0) is 19.6. The fourth-order valence-electron chi connectivity index (χ4n) is 2.60. The number of benzene rings is 1. The van der Waals surface area contributed by atoms with Crippen LogP contribution in [0.25, 0.3) is 0 Å². The van der Waals surface area contributed by atoms with E-state index in [4.69, 9.17) is 0 Å². The minimum Gasteiger partial charge on any atom is -0.363 e. The maximum atomic E-state index is 12.5. The molecule has 0 radical (unpaired) electrons. The van der Waals surface area contributed by atoms with Gasteiger partial charge in [-0.15, -0.1) is 0 Å². The van der Waals surface area contributed by atoms with Crippen molar-refractivity contribution < 1.29 is 18.0 Å². The molecule has 1 aromatic carbocycles. The fraction of sp³-hybridized carbons (Fsp3) is 0.294. The van der Waals surface area contributed by atoms with Crippen LogP contribution in [-0.4, -0.2) is 44.3 Å². The monoisotopic (exact) mass is 389 g/mol. The van der Waals surface area contributed by atoms with E-state index in [0.29, 0.717) is 17.3 Å². The molecule has 2 heterocycles. The topological polar surface area (TPSA) is 113 Å². The van der Waals surface area contributed by atoms with E-state index < -0.39 is 10.0 Å². The Labute approximate surface area is 157 Å². The van der Waals surface area contributed by atoms with Gasteiger partial charge in [0.05, 0.1) is 17.1 Å². The van der Waals surface area contributed by atoms with Gasteiger partial charge in [-0.2, -0.15) is 0 Å². The predicted molar refractivity (Wildman–Crippen MR) is 98.6 cm³/mol. The van der Waals surface area contributed by atoms with Crippen molar-refractivity contribution in [2.45, 2.75) is 24.3 Å². The number of sulfonamides is 1. The zero-order valence-corrected chi connectivity index (χ0v) is 15.7. The second kappa shape index (κ2) is 7.41. The van der Waals surface area contributed by atoms with Crippen molar-refractivity contribution in [3.05, 3.63) is 42.4 Å². The van der Waals surface area contributed by atoms with E-state index in [1.807, 2.05) is 14.1 Å². The van der Waals surface area contributed by atoms with E-state index >= 15 is 0 Å². The molecule has 1 N–H and O–H groups in total. The number of anilines is 2. The Balaban J connectivity index is 1.72. The number of amides is 2. The Bertz CT molecular complexity index is 957. The summed E-state index contributed by atoms with van der Waals surface area (Å²) in [5.74, 6) is 0.441. The molecule has 1 aliphatic rings. The van der Waals surface area contributed by atoms with Crippen LogP contribution in [0.15, 0.2) is 41.4 Å². The molecule has 0 aliphatic carbocycles. The van der Waals surface area contributed by atoms with Crippen LogP contribution in [0, 0.1) is 0 Å². The number of hydrogen-bond donors (Lipinski definition) is 1. The van der Waals surface area contributed by atoms with Crippen molar-refractivity contribution in [2.24, 2.45) is 0 Å². The molecule has 1 saturated heterocycles. The summed E-state index contributed by atoms with van der Waals surface area (Å²) in [6.07, 6.45) is 1.91. The highest BCUT2D eigenvalue weighted by molar-refractivity contribution is 7.89. The van der Waals surface area contributed by atoms with Gasteiger partial charge >= 0.3 is 0 Å². The summed E-state index contributed by atoms with van der Waals surface area (Å²) in [5, 5.41) is 0. The minimum atomic E-state index is -3.79. The molecule has 27 heavy (non-hydrogen) atoms. The molecule has 1 aliphatic heterocycles. The zero-order valence-electron chi connectivity index (χ0n) is 14.9. The number of rotatable bonds is 6. The third-order valence-corrected chi connectivity index (χ3v) is 5.44. The SMILES string of the molecule is CN(C)c1ccnc(CNS(=O)(=O)c2ccc(N3C(=O)CCC3=O)cc2)n1. The standard InChI is InChI=1S/C17H19N5O4S/c1-21(2)15-9-10-18-14(20-15)11-19-27(25,26)13-5-3-12(4-6-13)22-16(23)7-8-17(22)24/h3-6,9-10,19H,7-8,11H2,1-2H3. The first-order valence-electron chi connectivity index (χ1n) is 8.23. The van der Waals surface area contributed by atoms with Crippen LogP contribution >= 0.6 is 0 Å². The van der Waals surface area contributed by atoms with Crippen molar-refractivity contribution in [1.82, 2.24) is 14.7 Å². The smallest absolute Gasteiger partial charge is 0.240 e. The van der Waals surface area contributed by atoms with Gasteiger partial charge in [-0.3, -0.25) is 14.5 Å². The molecule has 2 amide bonds. The van der Waals surface area contributed by atoms with Crippen LogP contribution in [0.2, 0.25) is 0 Å². The molecule has 142 valence electrons. The summed E-state index contributed by atoms with van der Waals surface area (Å²) >= 11 is 0. The van der Waals surface area contributed by atoms with E-state index in [1.165, 1.54) is 24.3 Å². The van der Waals surface area contributed by atoms with Crippen molar-refractivity contribution in [3.63, 3.8) is 0 Å². The lowest BCUT2D eigenvalue weighted by Gasteiger charge is -2.14. The second-order valence-corrected chi connectivity index (χ2v) is 7.93. The summed E-state index contributed by atoms with van der Waals surface area (Å²) in [7, 11) is -0.137. The first-order valence-corrected chi connectivity index (χ1v) is 9.71. The molecule has 1 aromatic heterocycles. The summed E-state index contributed by atoms with van der Waals surface area (Å²) in [6, 6.07) is 7.32. The van der Waals surface area contributed by atoms with Gasteiger partial charge in [0.1, 0.15) is 11.6 Å². The average Bonchev–Trinajstić information content (AvgIpc) is 2.99. The Morgan fingerprint density at radius 3 is 2.30 bits per heavy atom. The summed E-state index contributed by atoms with van der Waals surface area (Å²) in [5.41, 5.74) is 0.364. The van der Waals surface area contributed by atoms with Crippen LogP contribution in [0.4, 0.5) is 11.5 Å². The van der Waals surface area contributed by atoms with Crippen LogP contribution in [0.1, 0.15) is 18.7 Å². The van der Waals surface area contributed by atoms with Gasteiger partial charge in [-0.05, 0) is 30.3 Å². The van der Waals surface area contributed by atoms with Gasteiger partial charge in [0.2, 0.25) is 21.8 Å². The highest BCUT2D eigenvalue weighted by Gasteiger charge is 2.30. The first kappa shape index (κ1) is 18.9. The minimum absolute atomic E-state index is 0.0223. The summed E-state index contributed by atoms with van der Waals surface area (Å²) in [6.45, 7) is -0.0607. The van der Waals surface area contributed by atoms with Crippen LogP contribution in [0.5, 0.6) is 0 Å². The maximum absolute atomic E-state index is 12.5. The molecule has 10 heteroatoms. The third-order valence-electron chi connectivity index (χ3n) is 4.03. The van der Waals surface area contributed by atoms with Crippen molar-refractivity contribution in [2.75, 3.05) is 23.9 Å². The average molecular weight is 389 g/mol. The maximum Gasteiger partial charge on any atom is 0.240 e. The Kier molecular flexibility index (Phi) is 5.19. The van der Waals surface area contributed by atoms with Crippen LogP contribution in [-0.2, 0) is 26.2 Å². The van der Waals surface area contributed by atoms with E-state index in [1.54, 1.807) is 17.2 Å². The number of carbonyl (C=O) groups is 2. The molecule has 0 bridgehead atoms. The lowest BCUT2D eigenvalue weighted by Crippen LogP contribution is -2.28. The number of aromatic nitrogens is 2. The Morgan fingerprint density at radius 2 is 1.70 bits per heavy atom. The molecular weight excluding hydrogens is 370 g/mol. The number of hydrogen-bond acceptors (Lipinski definition) is 7. The molecule has 0 saturated carbocycles. The molecule has 0 spiro atoms. The van der Waals surface area contributed by atoms with Crippen molar-refractivity contribution >= 4 is 33.3 Å². The number of imide groups is 1. The van der Waals surface area contributed by atoms with Gasteiger partial charge in [-0.25, -0.2) is 23.1 Å². The fourth-order valence-corrected chi connectivity index (χ4v) is 3.58. The highest BCUT2D eigenvalue weighted by Crippen LogP contribution is 2.24. The predicted octanol–water partition coefficient (Wildman–Crippen LogP) is 0.674. The molecule has 0 atom stereocenters. The van der Waals surface area contributed by atoms with Crippen LogP contribution in [0.3, 0.4) is 0 Å². The summed E-state index contributed by atoms with van der Waals surface area (Å²) in [4.78, 5) is 34.7. The third kappa shape index (κ3) is 4.12. The van der Waals surface area contributed by atoms with Crippen LogP contribution < -0.4 is 14.5 Å². The molecule has 0 unspecified atom stereocenters. The molecule has 3 rings (SSSR count). The number of carbonyl (C=O) groups excluding carboxylic acids is 2.